The topological polar surface area (TPSA) is 115 Å². The Labute approximate surface area is 174 Å². The number of nitrogens with zero attached hydrogens (tertiary/aromatic N) is 2. The fourth-order valence-electron chi connectivity index (χ4n) is 2.75. The number of benzene rings is 1. The highest BCUT2D eigenvalue weighted by Crippen LogP contribution is 2.20. The van der Waals surface area contributed by atoms with Gasteiger partial charge in [-0.05, 0) is 42.4 Å². The molecule has 10 heteroatoms. The molecule has 0 aliphatic carbocycles. The molecule has 0 saturated heterocycles. The Morgan fingerprint density at radius 2 is 1.93 bits per heavy atom. The lowest BCUT2D eigenvalue weighted by Gasteiger charge is -2.27. The van der Waals surface area contributed by atoms with Gasteiger partial charge < -0.3 is 25.4 Å². The second-order valence-electron chi connectivity index (χ2n) is 6.80. The Morgan fingerprint density at radius 1 is 1.28 bits per heavy atom. The molecule has 1 aromatic carbocycles. The van der Waals surface area contributed by atoms with Crippen LogP contribution < -0.4 is 31.9 Å². The molecule has 0 aliphatic rings. The quantitative estimate of drug-likeness (QED) is 0.551. The zero-order chi connectivity index (χ0) is 21.6. The van der Waals surface area contributed by atoms with E-state index in [9.17, 15) is 9.59 Å². The smallest absolute Gasteiger partial charge is 0.330 e. The molecule has 2 rings (SSSR count). The Balaban J connectivity index is 2.44. The second kappa shape index (κ2) is 10.1. The summed E-state index contributed by atoms with van der Waals surface area (Å²) < 4.78 is 11.6. The van der Waals surface area contributed by atoms with E-state index in [0.717, 1.165) is 0 Å². The lowest BCUT2D eigenvalue weighted by Crippen LogP contribution is -2.44. The summed E-state index contributed by atoms with van der Waals surface area (Å²) >= 11 is 5.53. The van der Waals surface area contributed by atoms with Gasteiger partial charge in [0.1, 0.15) is 11.6 Å². The summed E-state index contributed by atoms with van der Waals surface area (Å²) in [6.45, 7) is 4.84. The van der Waals surface area contributed by atoms with Crippen molar-refractivity contribution in [2.24, 2.45) is 5.92 Å². The molecule has 0 atom stereocenters. The number of methoxy groups -OCH3 is 2. The number of rotatable bonds is 8. The van der Waals surface area contributed by atoms with Crippen LogP contribution in [0.25, 0.3) is 0 Å². The van der Waals surface area contributed by atoms with Crippen molar-refractivity contribution in [3.63, 3.8) is 0 Å². The molecule has 158 valence electrons. The maximum absolute atomic E-state index is 12.6. The summed E-state index contributed by atoms with van der Waals surface area (Å²) in [4.78, 5) is 28.7. The van der Waals surface area contributed by atoms with E-state index in [0.29, 0.717) is 24.6 Å². The average molecular weight is 422 g/mol. The molecule has 2 aromatic rings. The molecule has 29 heavy (non-hydrogen) atoms. The number of nitrogens with one attached hydrogen (secondary N) is 2. The molecule has 0 unspecified atom stereocenters. The van der Waals surface area contributed by atoms with Crippen LogP contribution in [0.1, 0.15) is 13.8 Å². The Kier molecular flexibility index (Phi) is 7.80. The molecule has 1 aromatic heterocycles. The van der Waals surface area contributed by atoms with Crippen LogP contribution >= 0.6 is 12.2 Å². The van der Waals surface area contributed by atoms with E-state index < -0.39 is 11.2 Å². The standard InChI is InChI=1S/C19H27N5O4S/c1-12(2)11-24-16(20)15(17(25)22-18(24)26)23(9-10-27-3)19(29)21-13-5-7-14(28-4)8-6-13/h5-8,12H,9-11,20H2,1-4H3,(H,21,29)(H,22,25,26). The van der Waals surface area contributed by atoms with Crippen LogP contribution in [0.15, 0.2) is 33.9 Å². The van der Waals surface area contributed by atoms with Crippen LogP contribution in [0, 0.1) is 5.92 Å². The van der Waals surface area contributed by atoms with Crippen molar-refractivity contribution in [3.05, 3.63) is 45.1 Å². The SMILES string of the molecule is COCCN(C(=S)Nc1ccc(OC)cc1)c1c(N)n(CC(C)C)c(=O)[nH]c1=O. The first kappa shape index (κ1) is 22.4. The molecule has 0 bridgehead atoms. The molecular weight excluding hydrogens is 394 g/mol. The van der Waals surface area contributed by atoms with Gasteiger partial charge in [-0.2, -0.15) is 0 Å². The first-order chi connectivity index (χ1) is 13.8. The number of ether oxygens (including phenoxy) is 2. The fourth-order valence-corrected chi connectivity index (χ4v) is 3.05. The number of thiocarbonyl (C=S) groups is 1. The maximum Gasteiger partial charge on any atom is 0.330 e. The van der Waals surface area contributed by atoms with E-state index >= 15 is 0 Å². The minimum absolute atomic E-state index is 0.0578. The number of H-pyrrole nitrogens is 1. The van der Waals surface area contributed by atoms with Crippen molar-refractivity contribution in [2.75, 3.05) is 43.3 Å². The van der Waals surface area contributed by atoms with Crippen molar-refractivity contribution in [1.29, 1.82) is 0 Å². The Morgan fingerprint density at radius 3 is 2.48 bits per heavy atom. The molecule has 0 amide bonds. The Hall–Kier alpha value is -2.85. The van der Waals surface area contributed by atoms with E-state index in [-0.39, 0.29) is 29.1 Å². The summed E-state index contributed by atoms with van der Waals surface area (Å²) in [5.74, 6) is 0.923. The van der Waals surface area contributed by atoms with Crippen molar-refractivity contribution < 1.29 is 9.47 Å². The summed E-state index contributed by atoms with van der Waals surface area (Å²) in [5, 5.41) is 3.33. The second-order valence-corrected chi connectivity index (χ2v) is 7.19. The van der Waals surface area contributed by atoms with Crippen molar-refractivity contribution >= 4 is 34.5 Å². The minimum atomic E-state index is -0.609. The maximum atomic E-state index is 12.6. The van der Waals surface area contributed by atoms with Gasteiger partial charge in [0.2, 0.25) is 0 Å². The van der Waals surface area contributed by atoms with Gasteiger partial charge in [0.25, 0.3) is 5.56 Å². The van der Waals surface area contributed by atoms with Crippen molar-refractivity contribution in [2.45, 2.75) is 20.4 Å². The predicted octanol–water partition coefficient (Wildman–Crippen LogP) is 1.63. The highest BCUT2D eigenvalue weighted by atomic mass is 32.1. The number of nitrogens with two attached hydrogens (primary N) is 1. The van der Waals surface area contributed by atoms with Gasteiger partial charge >= 0.3 is 5.69 Å². The van der Waals surface area contributed by atoms with Crippen LogP contribution in [0.2, 0.25) is 0 Å². The zero-order valence-corrected chi connectivity index (χ0v) is 17.8. The van der Waals surface area contributed by atoms with Crippen LogP contribution in [0.4, 0.5) is 17.2 Å². The first-order valence-corrected chi connectivity index (χ1v) is 9.53. The zero-order valence-electron chi connectivity index (χ0n) is 17.0. The van der Waals surface area contributed by atoms with Gasteiger partial charge in [-0.3, -0.25) is 14.3 Å². The minimum Gasteiger partial charge on any atom is -0.497 e. The van der Waals surface area contributed by atoms with Crippen LogP contribution in [0.3, 0.4) is 0 Å². The van der Waals surface area contributed by atoms with Gasteiger partial charge in [0, 0.05) is 25.9 Å². The highest BCUT2D eigenvalue weighted by molar-refractivity contribution is 7.80. The van der Waals surface area contributed by atoms with Gasteiger partial charge in [-0.15, -0.1) is 0 Å². The molecule has 0 radical (unpaired) electrons. The van der Waals surface area contributed by atoms with Gasteiger partial charge in [-0.25, -0.2) is 4.79 Å². The van der Waals surface area contributed by atoms with Gasteiger partial charge in [0.05, 0.1) is 13.7 Å². The average Bonchev–Trinajstić information content (AvgIpc) is 2.67. The number of hydrogen-bond acceptors (Lipinski definition) is 6. The van der Waals surface area contributed by atoms with Gasteiger partial charge in [-0.1, -0.05) is 13.8 Å². The largest absolute Gasteiger partial charge is 0.497 e. The summed E-state index contributed by atoms with van der Waals surface area (Å²) in [7, 11) is 3.13. The van der Waals surface area contributed by atoms with Crippen LogP contribution in [-0.4, -0.2) is 42.0 Å². The number of aromatic amines is 1. The van der Waals surface area contributed by atoms with Gasteiger partial charge in [0.15, 0.2) is 10.8 Å². The van der Waals surface area contributed by atoms with E-state index in [4.69, 9.17) is 27.4 Å². The third-order valence-corrected chi connectivity index (χ3v) is 4.46. The fraction of sp³-hybridized carbons (Fsp3) is 0.421. The number of aromatic nitrogens is 2. The molecule has 4 N–H and O–H groups in total. The van der Waals surface area contributed by atoms with E-state index in [1.54, 1.807) is 38.5 Å². The molecule has 0 spiro atoms. The lowest BCUT2D eigenvalue weighted by molar-refractivity contribution is 0.208. The first-order valence-electron chi connectivity index (χ1n) is 9.12. The van der Waals surface area contributed by atoms with E-state index in [1.165, 1.54) is 9.47 Å². The summed E-state index contributed by atoms with van der Waals surface area (Å²) in [5.41, 5.74) is 5.89. The van der Waals surface area contributed by atoms with Crippen LogP contribution in [0.5, 0.6) is 5.75 Å². The third kappa shape index (κ3) is 5.58. The number of nitrogen functional groups attached to an aromatic ring is 1. The molecular formula is C19H27N5O4S. The number of anilines is 3. The Bertz CT molecular complexity index is 953. The summed E-state index contributed by atoms with van der Waals surface area (Å²) in [6, 6.07) is 7.17. The van der Waals surface area contributed by atoms with Crippen molar-refractivity contribution in [3.8, 4) is 5.75 Å². The van der Waals surface area contributed by atoms with E-state index in [2.05, 4.69) is 10.3 Å². The normalized spacial score (nSPS) is 10.8. The third-order valence-electron chi connectivity index (χ3n) is 4.14. The van der Waals surface area contributed by atoms with E-state index in [1.807, 2.05) is 13.8 Å². The molecule has 0 aliphatic heterocycles. The summed E-state index contributed by atoms with van der Waals surface area (Å²) in [6.07, 6.45) is 0. The molecule has 0 saturated carbocycles. The van der Waals surface area contributed by atoms with Crippen molar-refractivity contribution in [1.82, 2.24) is 9.55 Å². The number of hydrogen-bond donors (Lipinski definition) is 3. The monoisotopic (exact) mass is 421 g/mol. The van der Waals surface area contributed by atoms with Crippen LogP contribution in [-0.2, 0) is 11.3 Å². The molecule has 1 heterocycles. The molecule has 0 fully saturated rings. The molecule has 9 nitrogen and oxygen atoms in total. The highest BCUT2D eigenvalue weighted by Gasteiger charge is 2.22. The lowest BCUT2D eigenvalue weighted by atomic mass is 10.2. The predicted molar refractivity (Wildman–Crippen MR) is 119 cm³/mol.